The lowest BCUT2D eigenvalue weighted by Crippen LogP contribution is -2.56. The molecule has 1 aromatic rings. The number of carboxylic acids is 1. The fourth-order valence-electron chi connectivity index (χ4n) is 5.06. The second kappa shape index (κ2) is 14.9. The van der Waals surface area contributed by atoms with Crippen LogP contribution >= 0.6 is 11.3 Å². The van der Waals surface area contributed by atoms with E-state index in [0.717, 1.165) is 88.9 Å². The number of nitrogens with zero attached hydrogens (tertiary/aromatic N) is 1. The maximum absolute atomic E-state index is 13.2. The summed E-state index contributed by atoms with van der Waals surface area (Å²) < 4.78 is 25.3. The molecule has 11 nitrogen and oxygen atoms in total. The third kappa shape index (κ3) is 9.30. The number of carbonyl (C=O) groups excluding carboxylic acids is 2. The molecule has 1 unspecified atom stereocenters. The van der Waals surface area contributed by atoms with Gasteiger partial charge in [0.25, 0.3) is 15.9 Å². The minimum Gasteiger partial charge on any atom is -0.480 e. The van der Waals surface area contributed by atoms with Crippen LogP contribution in [0.5, 0.6) is 0 Å². The lowest BCUT2D eigenvalue weighted by molar-refractivity contribution is -0.150. The number of rotatable bonds is 14. The minimum absolute atomic E-state index is 0.0483. The highest BCUT2D eigenvalue weighted by molar-refractivity contribution is 7.91. The van der Waals surface area contributed by atoms with Crippen molar-refractivity contribution in [1.29, 1.82) is 0 Å². The quantitative estimate of drug-likeness (QED) is 0.211. The molecular formula is C25H41N5O6S2. The summed E-state index contributed by atoms with van der Waals surface area (Å²) in [5.74, 6) is -1.56. The molecular weight excluding hydrogens is 530 g/mol. The monoisotopic (exact) mass is 571 g/mol. The number of amides is 2. The third-order valence-electron chi connectivity index (χ3n) is 7.54. The van der Waals surface area contributed by atoms with Crippen molar-refractivity contribution in [2.45, 2.75) is 68.5 Å². The van der Waals surface area contributed by atoms with Gasteiger partial charge in [-0.05, 0) is 108 Å². The van der Waals surface area contributed by atoms with E-state index in [1.54, 1.807) is 11.4 Å². The van der Waals surface area contributed by atoms with Crippen LogP contribution in [0.3, 0.4) is 0 Å². The van der Waals surface area contributed by atoms with Crippen LogP contribution in [0.1, 0.15) is 58.3 Å². The summed E-state index contributed by atoms with van der Waals surface area (Å²) in [7, 11) is -4.15. The van der Waals surface area contributed by atoms with Crippen molar-refractivity contribution < 1.29 is 27.9 Å². The zero-order valence-corrected chi connectivity index (χ0v) is 23.6. The second-order valence-electron chi connectivity index (χ2n) is 10.3. The summed E-state index contributed by atoms with van der Waals surface area (Å²) in [5.41, 5.74) is 0. The maximum atomic E-state index is 13.2. The van der Waals surface area contributed by atoms with Crippen molar-refractivity contribution in [1.82, 2.24) is 25.8 Å². The summed E-state index contributed by atoms with van der Waals surface area (Å²) in [4.78, 5) is 39.9. The van der Waals surface area contributed by atoms with Crippen LogP contribution in [0.15, 0.2) is 21.7 Å². The molecule has 214 valence electrons. The number of carbonyl (C=O) groups is 3. The lowest BCUT2D eigenvalue weighted by atomic mass is 9.84. The van der Waals surface area contributed by atoms with E-state index in [1.165, 1.54) is 13.0 Å². The molecule has 2 fully saturated rings. The van der Waals surface area contributed by atoms with E-state index in [1.807, 2.05) is 0 Å². The SMILES string of the molecule is CC(C(=O)O)N(NS(=O)(=O)c1cccs1)C(=O)CNC(=O)C(CCC1CCNCC1)CCC1CCNCC1. The summed E-state index contributed by atoms with van der Waals surface area (Å²) in [6.07, 6.45) is 7.72. The molecule has 2 aliphatic heterocycles. The molecule has 0 bridgehead atoms. The zero-order valence-electron chi connectivity index (χ0n) is 22.0. The van der Waals surface area contributed by atoms with Gasteiger partial charge in [0.15, 0.2) is 0 Å². The van der Waals surface area contributed by atoms with E-state index in [4.69, 9.17) is 0 Å². The molecule has 2 amide bonds. The van der Waals surface area contributed by atoms with Crippen LogP contribution in [0.4, 0.5) is 0 Å². The molecule has 38 heavy (non-hydrogen) atoms. The molecule has 1 atom stereocenters. The number of nitrogens with one attached hydrogen (secondary N) is 4. The van der Waals surface area contributed by atoms with E-state index in [0.29, 0.717) is 16.8 Å². The first kappa shape index (κ1) is 30.5. The third-order valence-corrected chi connectivity index (χ3v) is 10.3. The van der Waals surface area contributed by atoms with Crippen molar-refractivity contribution in [3.05, 3.63) is 17.5 Å². The molecule has 2 saturated heterocycles. The smallest absolute Gasteiger partial charge is 0.327 e. The second-order valence-corrected chi connectivity index (χ2v) is 13.1. The number of aliphatic carboxylic acids is 1. The molecule has 3 heterocycles. The fraction of sp³-hybridized carbons (Fsp3) is 0.720. The maximum Gasteiger partial charge on any atom is 0.327 e. The van der Waals surface area contributed by atoms with Crippen LogP contribution < -0.4 is 20.8 Å². The van der Waals surface area contributed by atoms with E-state index in [-0.39, 0.29) is 16.0 Å². The Bertz CT molecular complexity index is 985. The highest BCUT2D eigenvalue weighted by atomic mass is 32.2. The number of sulfonamides is 1. The van der Waals surface area contributed by atoms with Crippen molar-refractivity contribution in [3.8, 4) is 0 Å². The Morgan fingerprint density at radius 3 is 2.08 bits per heavy atom. The van der Waals surface area contributed by atoms with Gasteiger partial charge >= 0.3 is 5.97 Å². The van der Waals surface area contributed by atoms with E-state index in [9.17, 15) is 27.9 Å². The van der Waals surface area contributed by atoms with Gasteiger partial charge in [-0.1, -0.05) is 6.07 Å². The first-order valence-electron chi connectivity index (χ1n) is 13.5. The number of carboxylic acid groups (broad SMARTS) is 1. The summed E-state index contributed by atoms with van der Waals surface area (Å²) in [6, 6.07) is 1.43. The number of thiophene rings is 1. The normalized spacial score (nSPS) is 18.3. The predicted octanol–water partition coefficient (Wildman–Crippen LogP) is 1.54. The Labute approximate surface area is 229 Å². The summed E-state index contributed by atoms with van der Waals surface area (Å²) in [6.45, 7) is 4.67. The largest absolute Gasteiger partial charge is 0.480 e. The van der Waals surface area contributed by atoms with Gasteiger partial charge < -0.3 is 21.1 Å². The molecule has 1 aromatic heterocycles. The Kier molecular flexibility index (Phi) is 12.0. The molecule has 5 N–H and O–H groups in total. The first-order valence-corrected chi connectivity index (χ1v) is 15.8. The van der Waals surface area contributed by atoms with Gasteiger partial charge in [-0.2, -0.15) is 0 Å². The predicted molar refractivity (Wildman–Crippen MR) is 145 cm³/mol. The van der Waals surface area contributed by atoms with Crippen molar-refractivity contribution in [2.24, 2.45) is 17.8 Å². The topological polar surface area (TPSA) is 157 Å². The molecule has 0 aromatic carbocycles. The highest BCUT2D eigenvalue weighted by Gasteiger charge is 2.32. The van der Waals surface area contributed by atoms with E-state index in [2.05, 4.69) is 20.8 Å². The lowest BCUT2D eigenvalue weighted by Gasteiger charge is -2.28. The number of hydrogen-bond donors (Lipinski definition) is 5. The molecule has 3 rings (SSSR count). The van der Waals surface area contributed by atoms with E-state index < -0.39 is 34.5 Å². The van der Waals surface area contributed by atoms with Crippen molar-refractivity contribution in [3.63, 3.8) is 0 Å². The Hall–Kier alpha value is -2.06. The number of piperidine rings is 2. The van der Waals surface area contributed by atoms with Gasteiger partial charge in [-0.15, -0.1) is 16.2 Å². The number of hydrazine groups is 1. The molecule has 0 saturated carbocycles. The number of hydrogen-bond acceptors (Lipinski definition) is 8. The Balaban J connectivity index is 1.62. The van der Waals surface area contributed by atoms with Crippen LogP contribution in [-0.2, 0) is 24.4 Å². The van der Waals surface area contributed by atoms with E-state index >= 15 is 0 Å². The average Bonchev–Trinajstić information content (AvgIpc) is 3.47. The minimum atomic E-state index is -4.15. The van der Waals surface area contributed by atoms with Gasteiger partial charge in [0.05, 0.1) is 6.54 Å². The van der Waals surface area contributed by atoms with Crippen LogP contribution in [0.2, 0.25) is 0 Å². The molecule has 0 aliphatic carbocycles. The van der Waals surface area contributed by atoms with Gasteiger partial charge in [-0.25, -0.2) is 18.2 Å². The van der Waals surface area contributed by atoms with Gasteiger partial charge in [-0.3, -0.25) is 9.59 Å². The fourth-order valence-corrected chi connectivity index (χ4v) is 7.16. The summed E-state index contributed by atoms with van der Waals surface area (Å²) >= 11 is 0.947. The Morgan fingerprint density at radius 1 is 1.05 bits per heavy atom. The molecule has 13 heteroatoms. The first-order chi connectivity index (χ1) is 18.2. The molecule has 2 aliphatic rings. The van der Waals surface area contributed by atoms with Gasteiger partial charge in [0, 0.05) is 5.92 Å². The standard InChI is InChI=1S/C25H41N5O6S2/c1-18(25(33)34)30(29-38(35,36)23-3-2-16-37-23)22(31)17-28-24(32)21(6-4-19-8-12-26-13-9-19)7-5-20-10-14-27-15-11-20/h2-3,16,18-21,26-27,29H,4-15,17H2,1H3,(H,28,32)(H,33,34). The van der Waals surface area contributed by atoms with Crippen molar-refractivity contribution in [2.75, 3.05) is 32.7 Å². The van der Waals surface area contributed by atoms with Crippen LogP contribution in [0.25, 0.3) is 0 Å². The van der Waals surface area contributed by atoms with Gasteiger partial charge in [0.2, 0.25) is 5.91 Å². The van der Waals surface area contributed by atoms with Crippen molar-refractivity contribution >= 4 is 39.1 Å². The summed E-state index contributed by atoms with van der Waals surface area (Å²) in [5, 5.41) is 21.0. The Morgan fingerprint density at radius 2 is 1.61 bits per heavy atom. The molecule has 0 spiro atoms. The zero-order chi connectivity index (χ0) is 27.5. The molecule has 0 radical (unpaired) electrons. The van der Waals surface area contributed by atoms with Crippen LogP contribution in [0, 0.1) is 17.8 Å². The highest BCUT2D eigenvalue weighted by Crippen LogP contribution is 2.27. The van der Waals surface area contributed by atoms with Gasteiger partial charge in [0.1, 0.15) is 10.3 Å². The van der Waals surface area contributed by atoms with Crippen LogP contribution in [-0.4, -0.2) is 75.1 Å². The average molecular weight is 572 g/mol.